The summed E-state index contributed by atoms with van der Waals surface area (Å²) in [4.78, 5) is 11.7. The van der Waals surface area contributed by atoms with E-state index in [0.717, 1.165) is 11.0 Å². The van der Waals surface area contributed by atoms with Gasteiger partial charge in [-0.2, -0.15) is 5.12 Å². The van der Waals surface area contributed by atoms with E-state index in [1.54, 1.807) is 12.1 Å². The van der Waals surface area contributed by atoms with Crippen LogP contribution >= 0.6 is 0 Å². The van der Waals surface area contributed by atoms with E-state index in [1.807, 2.05) is 33.8 Å². The quantitative estimate of drug-likeness (QED) is 0.585. The average molecular weight is 291 g/mol. The van der Waals surface area contributed by atoms with E-state index in [1.165, 1.54) is 0 Å². The number of halogens is 1. The van der Waals surface area contributed by atoms with Gasteiger partial charge in [0.05, 0.1) is 17.7 Å². The Morgan fingerprint density at radius 1 is 1.19 bits per heavy atom. The number of hydrogen-bond acceptors (Lipinski definition) is 3. The van der Waals surface area contributed by atoms with Crippen LogP contribution in [0.1, 0.15) is 43.6 Å². The predicted octanol–water partition coefficient (Wildman–Crippen LogP) is 1.87. The summed E-state index contributed by atoms with van der Waals surface area (Å²) >= 11 is 0. The summed E-state index contributed by atoms with van der Waals surface area (Å²) in [6, 6.07) is 5.32. The maximum absolute atomic E-state index is 13.3. The minimum atomic E-state index is -0.572. The Morgan fingerprint density at radius 2 is 1.81 bits per heavy atom. The van der Waals surface area contributed by atoms with Crippen LogP contribution in [0.2, 0.25) is 0 Å². The molecule has 0 aromatic heterocycles. The summed E-state index contributed by atoms with van der Waals surface area (Å²) in [6.45, 7) is 8.08. The van der Waals surface area contributed by atoms with Gasteiger partial charge in [0.1, 0.15) is 0 Å². The van der Waals surface area contributed by atoms with Crippen molar-refractivity contribution < 1.29 is 18.6 Å². The number of nitrogens with zero attached hydrogens (tertiary/aromatic N) is 1. The van der Waals surface area contributed by atoms with Gasteiger partial charge in [-0.3, -0.25) is 4.79 Å². The monoisotopic (exact) mass is 291 g/mol. The Hall–Kier alpha value is -1.40. The van der Waals surface area contributed by atoms with Crippen molar-refractivity contribution in [1.29, 1.82) is 0 Å². The molecule has 2 aliphatic rings. The smallest absolute Gasteiger partial charge is 0.399 e. The van der Waals surface area contributed by atoms with Crippen molar-refractivity contribution in [3.63, 3.8) is 0 Å². The largest absolute Gasteiger partial charge is 0.494 e. The Balaban J connectivity index is 1.91. The summed E-state index contributed by atoms with van der Waals surface area (Å²) in [7, 11) is -0.459. The fourth-order valence-corrected chi connectivity index (χ4v) is 2.61. The Kier molecular flexibility index (Phi) is 3.15. The highest BCUT2D eigenvalue weighted by Gasteiger charge is 2.51. The second kappa shape index (κ2) is 4.55. The van der Waals surface area contributed by atoms with E-state index in [2.05, 4.69) is 0 Å². The van der Waals surface area contributed by atoms with Crippen LogP contribution in [0.4, 0.5) is 4.48 Å². The van der Waals surface area contributed by atoms with Gasteiger partial charge in [-0.25, -0.2) is 0 Å². The number of hydrogen-bond donors (Lipinski definition) is 0. The molecule has 2 heterocycles. The molecule has 112 valence electrons. The van der Waals surface area contributed by atoms with Gasteiger partial charge in [-0.15, -0.1) is 0 Å². The van der Waals surface area contributed by atoms with Crippen molar-refractivity contribution in [2.75, 3.05) is 6.54 Å². The number of carbonyl (C=O) groups is 1. The summed E-state index contributed by atoms with van der Waals surface area (Å²) in [6.07, 6.45) is 0.505. The molecule has 0 aliphatic carbocycles. The molecule has 1 fully saturated rings. The van der Waals surface area contributed by atoms with E-state index in [0.29, 0.717) is 12.0 Å². The third-order valence-electron chi connectivity index (χ3n) is 4.68. The maximum atomic E-state index is 13.3. The van der Waals surface area contributed by atoms with Crippen molar-refractivity contribution in [3.05, 3.63) is 29.3 Å². The first kappa shape index (κ1) is 14.5. The molecule has 0 atom stereocenters. The van der Waals surface area contributed by atoms with Crippen molar-refractivity contribution in [1.82, 2.24) is 5.12 Å². The van der Waals surface area contributed by atoms with Gasteiger partial charge in [0.2, 0.25) is 0 Å². The number of amides is 1. The van der Waals surface area contributed by atoms with E-state index in [4.69, 9.17) is 9.31 Å². The van der Waals surface area contributed by atoms with E-state index in [9.17, 15) is 9.28 Å². The molecule has 0 unspecified atom stereocenters. The van der Waals surface area contributed by atoms with Crippen molar-refractivity contribution in [2.24, 2.45) is 0 Å². The molecule has 0 radical (unpaired) electrons. The first-order chi connectivity index (χ1) is 9.71. The molecular weight excluding hydrogens is 272 g/mol. The molecule has 1 saturated heterocycles. The first-order valence-electron chi connectivity index (χ1n) is 7.17. The molecule has 0 N–H and O–H groups in total. The fraction of sp³-hybridized carbons (Fsp3) is 0.533. The molecule has 21 heavy (non-hydrogen) atoms. The lowest BCUT2D eigenvalue weighted by Crippen LogP contribution is -2.41. The standard InChI is InChI=1S/C15H19BFNO3/c1-14(2)15(3,4)21-16(20-14)11-5-6-12-10(9-11)7-8-18(17)13(12)19/h5-6,9H,7-8H2,1-4H3. The molecule has 4 nitrogen and oxygen atoms in total. The van der Waals surface area contributed by atoms with E-state index in [-0.39, 0.29) is 11.7 Å². The Bertz CT molecular complexity index is 587. The van der Waals surface area contributed by atoms with Gasteiger partial charge in [0.25, 0.3) is 5.91 Å². The van der Waals surface area contributed by atoms with Gasteiger partial charge in [-0.1, -0.05) is 16.6 Å². The minimum Gasteiger partial charge on any atom is -0.399 e. The molecule has 2 aliphatic heterocycles. The normalized spacial score (nSPS) is 23.4. The fourth-order valence-electron chi connectivity index (χ4n) is 2.61. The third-order valence-corrected chi connectivity index (χ3v) is 4.68. The lowest BCUT2D eigenvalue weighted by molar-refractivity contribution is 0.00578. The lowest BCUT2D eigenvalue weighted by Gasteiger charge is -2.32. The highest BCUT2D eigenvalue weighted by atomic mass is 19.2. The molecule has 3 rings (SSSR count). The van der Waals surface area contributed by atoms with Crippen LogP contribution in [0.25, 0.3) is 0 Å². The van der Waals surface area contributed by atoms with Crippen LogP contribution in [-0.2, 0) is 15.7 Å². The van der Waals surface area contributed by atoms with Crippen LogP contribution in [-0.4, -0.2) is 35.9 Å². The summed E-state index contributed by atoms with van der Waals surface area (Å²) in [5, 5.41) is 0.261. The van der Waals surface area contributed by atoms with E-state index < -0.39 is 24.2 Å². The number of carbonyl (C=O) groups excluding carboxylic acids is 1. The number of rotatable bonds is 1. The van der Waals surface area contributed by atoms with E-state index >= 15 is 0 Å². The van der Waals surface area contributed by atoms with Crippen LogP contribution < -0.4 is 5.46 Å². The van der Waals surface area contributed by atoms with Gasteiger partial charge >= 0.3 is 7.12 Å². The molecule has 0 spiro atoms. The highest BCUT2D eigenvalue weighted by molar-refractivity contribution is 6.62. The number of benzene rings is 1. The van der Waals surface area contributed by atoms with Crippen LogP contribution in [0.3, 0.4) is 0 Å². The second-order valence-corrected chi connectivity index (χ2v) is 6.65. The summed E-state index contributed by atoms with van der Waals surface area (Å²) in [5.74, 6) is -0.572. The molecule has 6 heteroatoms. The maximum Gasteiger partial charge on any atom is 0.494 e. The molecule has 0 bridgehead atoms. The first-order valence-corrected chi connectivity index (χ1v) is 7.17. The third kappa shape index (κ3) is 2.26. The van der Waals surface area contributed by atoms with Gasteiger partial charge in [0.15, 0.2) is 0 Å². The molecule has 1 aromatic carbocycles. The number of fused-ring (bicyclic) bond motifs is 1. The molecule has 1 amide bonds. The van der Waals surface area contributed by atoms with Crippen molar-refractivity contribution >= 4 is 18.5 Å². The van der Waals surface area contributed by atoms with Gasteiger partial charge in [-0.05, 0) is 51.2 Å². The van der Waals surface area contributed by atoms with Gasteiger partial charge < -0.3 is 9.31 Å². The van der Waals surface area contributed by atoms with Crippen molar-refractivity contribution in [2.45, 2.75) is 45.3 Å². The lowest BCUT2D eigenvalue weighted by atomic mass is 9.77. The molecular formula is C15H19BFNO3. The summed E-state index contributed by atoms with van der Waals surface area (Å²) in [5.41, 5.74) is 1.33. The Morgan fingerprint density at radius 3 is 2.43 bits per heavy atom. The Labute approximate surface area is 124 Å². The topological polar surface area (TPSA) is 38.8 Å². The molecule has 0 saturated carbocycles. The zero-order chi connectivity index (χ0) is 15.4. The SMILES string of the molecule is CC1(C)OB(c2ccc3c(c2)CCN(F)C3=O)OC1(C)C. The predicted molar refractivity (Wildman–Crippen MR) is 78.0 cm³/mol. The van der Waals surface area contributed by atoms with Crippen LogP contribution in [0.5, 0.6) is 0 Å². The van der Waals surface area contributed by atoms with Crippen LogP contribution in [0.15, 0.2) is 18.2 Å². The minimum absolute atomic E-state index is 0.0959. The average Bonchev–Trinajstić information content (AvgIpc) is 2.63. The summed E-state index contributed by atoms with van der Waals surface area (Å²) < 4.78 is 25.3. The second-order valence-electron chi connectivity index (χ2n) is 6.65. The van der Waals surface area contributed by atoms with Crippen molar-refractivity contribution in [3.8, 4) is 0 Å². The van der Waals surface area contributed by atoms with Crippen LogP contribution in [0, 0.1) is 0 Å². The zero-order valence-electron chi connectivity index (χ0n) is 12.8. The molecule has 1 aromatic rings. The zero-order valence-corrected chi connectivity index (χ0v) is 12.8. The highest BCUT2D eigenvalue weighted by Crippen LogP contribution is 2.36. The van der Waals surface area contributed by atoms with Gasteiger partial charge in [0, 0.05) is 5.56 Å².